The molecule has 3 heterocycles. The lowest BCUT2D eigenvalue weighted by atomic mass is 10.1. The van der Waals surface area contributed by atoms with E-state index in [9.17, 15) is 9.36 Å². The van der Waals surface area contributed by atoms with Gasteiger partial charge in [-0.15, -0.1) is 0 Å². The van der Waals surface area contributed by atoms with Gasteiger partial charge in [-0.2, -0.15) is 0 Å². The maximum absolute atomic E-state index is 13.0. The van der Waals surface area contributed by atoms with Gasteiger partial charge >= 0.3 is 7.60 Å². The van der Waals surface area contributed by atoms with Crippen LogP contribution >= 0.6 is 7.60 Å². The van der Waals surface area contributed by atoms with Crippen LogP contribution in [0.2, 0.25) is 0 Å². The third-order valence-corrected chi connectivity index (χ3v) is 6.90. The Bertz CT molecular complexity index is 1200. The standard InChI is InChI=1S/C22H30N7O5P/c1-14(2)8-25-22(30)18(23)7-15-3-5-16(6-4-15)34-35(31)13-32-17(10-33-35)9-29-12-28-19-20(24)26-11-27-21(19)29/h3-6,11-12,14,17-18H,7-10,13,23H2,1-2H3,(H,25,30)(H2,24,26,27)/t17-,18-,35?/m0/s1. The van der Waals surface area contributed by atoms with Gasteiger partial charge in [0.2, 0.25) is 5.91 Å². The molecule has 12 nitrogen and oxygen atoms in total. The molecule has 0 spiro atoms. The first kappa shape index (κ1) is 25.1. The largest absolute Gasteiger partial charge is 0.423 e. The lowest BCUT2D eigenvalue weighted by molar-refractivity contribution is -0.122. The van der Waals surface area contributed by atoms with E-state index in [1.807, 2.05) is 13.8 Å². The van der Waals surface area contributed by atoms with Crippen molar-refractivity contribution in [2.75, 3.05) is 25.2 Å². The fourth-order valence-electron chi connectivity index (χ4n) is 3.52. The van der Waals surface area contributed by atoms with E-state index in [1.165, 1.54) is 6.33 Å². The van der Waals surface area contributed by atoms with Crippen LogP contribution in [0.3, 0.4) is 0 Å². The maximum Gasteiger partial charge on any atom is 0.404 e. The molecule has 35 heavy (non-hydrogen) atoms. The Balaban J connectivity index is 1.28. The van der Waals surface area contributed by atoms with Gasteiger partial charge in [0.25, 0.3) is 0 Å². The summed E-state index contributed by atoms with van der Waals surface area (Å²) in [6.07, 6.45) is 2.80. The van der Waals surface area contributed by atoms with Crippen molar-refractivity contribution in [3.63, 3.8) is 0 Å². The van der Waals surface area contributed by atoms with Crippen LogP contribution in [-0.2, 0) is 31.6 Å². The Hall–Kier alpha value is -3.05. The van der Waals surface area contributed by atoms with Crippen LogP contribution in [0.15, 0.2) is 36.9 Å². The summed E-state index contributed by atoms with van der Waals surface area (Å²) in [6, 6.07) is 6.25. The summed E-state index contributed by atoms with van der Waals surface area (Å²) in [7, 11) is -3.48. The average Bonchev–Trinajstić information content (AvgIpc) is 3.24. The Morgan fingerprint density at radius 3 is 2.74 bits per heavy atom. The molecule has 1 saturated heterocycles. The molecule has 2 aromatic heterocycles. The molecule has 3 atom stereocenters. The second-order valence-electron chi connectivity index (χ2n) is 8.84. The second kappa shape index (κ2) is 10.7. The Kier molecular flexibility index (Phi) is 7.66. The highest BCUT2D eigenvalue weighted by Crippen LogP contribution is 2.51. The summed E-state index contributed by atoms with van der Waals surface area (Å²) in [5.41, 5.74) is 13.8. The number of carbonyl (C=O) groups is 1. The fraction of sp³-hybridized carbons (Fsp3) is 0.455. The highest BCUT2D eigenvalue weighted by atomic mass is 31.2. The summed E-state index contributed by atoms with van der Waals surface area (Å²) in [5.74, 6) is 0.844. The Morgan fingerprint density at radius 1 is 1.29 bits per heavy atom. The first-order chi connectivity index (χ1) is 16.7. The van der Waals surface area contributed by atoms with Crippen molar-refractivity contribution in [2.24, 2.45) is 11.7 Å². The van der Waals surface area contributed by atoms with E-state index < -0.39 is 13.6 Å². The topological polar surface area (TPSA) is 169 Å². The number of anilines is 1. The summed E-state index contributed by atoms with van der Waals surface area (Å²) >= 11 is 0. The van der Waals surface area contributed by atoms with E-state index >= 15 is 0 Å². The van der Waals surface area contributed by atoms with Crippen LogP contribution < -0.4 is 21.3 Å². The van der Waals surface area contributed by atoms with Gasteiger partial charge in [-0.3, -0.25) is 9.32 Å². The minimum Gasteiger partial charge on any atom is -0.423 e. The smallest absolute Gasteiger partial charge is 0.404 e. The number of aromatic nitrogens is 4. The lowest BCUT2D eigenvalue weighted by Crippen LogP contribution is -2.43. The molecule has 4 rings (SSSR count). The number of benzene rings is 1. The molecule has 1 aromatic carbocycles. The number of nitrogens with zero attached hydrogens (tertiary/aromatic N) is 4. The Morgan fingerprint density at radius 2 is 2.06 bits per heavy atom. The molecule has 5 N–H and O–H groups in total. The predicted octanol–water partition coefficient (Wildman–Crippen LogP) is 1.70. The number of amides is 1. The third kappa shape index (κ3) is 6.34. The zero-order valence-electron chi connectivity index (χ0n) is 19.7. The van der Waals surface area contributed by atoms with Gasteiger partial charge in [-0.1, -0.05) is 26.0 Å². The van der Waals surface area contributed by atoms with Gasteiger partial charge in [0.15, 0.2) is 17.8 Å². The van der Waals surface area contributed by atoms with Crippen LogP contribution in [0.25, 0.3) is 11.2 Å². The van der Waals surface area contributed by atoms with Crippen LogP contribution in [0, 0.1) is 5.92 Å². The molecule has 1 aliphatic rings. The molecule has 1 amide bonds. The first-order valence-corrected chi connectivity index (χ1v) is 13.0. The average molecular weight is 504 g/mol. The normalized spacial score (nSPS) is 21.2. The molecule has 1 aliphatic heterocycles. The SMILES string of the molecule is CC(C)CNC(=O)[C@@H](N)Cc1ccc(OP2(=O)CO[C@@H](Cn3cnc4c(N)ncnc43)CO2)cc1. The summed E-state index contributed by atoms with van der Waals surface area (Å²) in [5, 5.41) is 2.83. The number of hydrogen-bond donors (Lipinski definition) is 3. The van der Waals surface area contributed by atoms with Gasteiger partial charge in [-0.05, 0) is 30.0 Å². The van der Waals surface area contributed by atoms with Gasteiger partial charge in [0, 0.05) is 6.54 Å². The molecule has 0 saturated carbocycles. The highest BCUT2D eigenvalue weighted by Gasteiger charge is 2.35. The van der Waals surface area contributed by atoms with E-state index in [0.29, 0.717) is 48.2 Å². The Labute approximate surface area is 202 Å². The minimum atomic E-state index is -3.48. The van der Waals surface area contributed by atoms with Crippen molar-refractivity contribution >= 4 is 30.5 Å². The van der Waals surface area contributed by atoms with Crippen molar-refractivity contribution in [1.29, 1.82) is 0 Å². The van der Waals surface area contributed by atoms with Crippen LogP contribution in [0.4, 0.5) is 5.82 Å². The first-order valence-electron chi connectivity index (χ1n) is 11.3. The van der Waals surface area contributed by atoms with Gasteiger partial charge in [0.1, 0.15) is 23.7 Å². The van der Waals surface area contributed by atoms with E-state index in [2.05, 4.69) is 20.3 Å². The van der Waals surface area contributed by atoms with E-state index in [1.54, 1.807) is 35.2 Å². The molecule has 0 aliphatic carbocycles. The van der Waals surface area contributed by atoms with Gasteiger partial charge in [-0.25, -0.2) is 19.5 Å². The van der Waals surface area contributed by atoms with Crippen molar-refractivity contribution in [3.05, 3.63) is 42.5 Å². The molecule has 1 fully saturated rings. The monoisotopic (exact) mass is 503 g/mol. The second-order valence-corrected chi connectivity index (χ2v) is 10.8. The van der Waals surface area contributed by atoms with Gasteiger partial charge < -0.3 is 30.6 Å². The maximum atomic E-state index is 13.0. The zero-order chi connectivity index (χ0) is 25.0. The summed E-state index contributed by atoms with van der Waals surface area (Å²) < 4.78 is 31.7. The molecule has 0 radical (unpaired) electrons. The molecule has 13 heteroatoms. The summed E-state index contributed by atoms with van der Waals surface area (Å²) in [4.78, 5) is 24.4. The number of fused-ring (bicyclic) bond motifs is 1. The highest BCUT2D eigenvalue weighted by molar-refractivity contribution is 7.54. The minimum absolute atomic E-state index is 0.0793. The summed E-state index contributed by atoms with van der Waals surface area (Å²) in [6.45, 7) is 5.09. The van der Waals surface area contributed by atoms with Gasteiger partial charge in [0.05, 0.1) is 25.5 Å². The zero-order valence-corrected chi connectivity index (χ0v) is 20.6. The predicted molar refractivity (Wildman–Crippen MR) is 130 cm³/mol. The quantitative estimate of drug-likeness (QED) is 0.365. The van der Waals surface area contributed by atoms with Crippen molar-refractivity contribution in [2.45, 2.75) is 39.0 Å². The van der Waals surface area contributed by atoms with Crippen molar-refractivity contribution in [1.82, 2.24) is 24.8 Å². The lowest BCUT2D eigenvalue weighted by Gasteiger charge is -2.29. The number of imidazole rings is 1. The molecule has 188 valence electrons. The van der Waals surface area contributed by atoms with E-state index in [-0.39, 0.29) is 25.0 Å². The van der Waals surface area contributed by atoms with Crippen LogP contribution in [0.1, 0.15) is 19.4 Å². The van der Waals surface area contributed by atoms with Crippen molar-refractivity contribution < 1.29 is 23.1 Å². The number of hydrogen-bond acceptors (Lipinski definition) is 10. The molecular weight excluding hydrogens is 473 g/mol. The number of ether oxygens (including phenoxy) is 1. The number of carbonyl (C=O) groups excluding carboxylic acids is 1. The number of nitrogens with one attached hydrogen (secondary N) is 1. The fourth-order valence-corrected chi connectivity index (χ4v) is 4.93. The molecule has 3 aromatic rings. The number of rotatable bonds is 9. The molecular formula is C22H30N7O5P. The van der Waals surface area contributed by atoms with E-state index in [4.69, 9.17) is 25.3 Å². The van der Waals surface area contributed by atoms with Crippen molar-refractivity contribution in [3.8, 4) is 5.75 Å². The number of nitrogens with two attached hydrogens (primary N) is 2. The van der Waals surface area contributed by atoms with Crippen LogP contribution in [-0.4, -0.2) is 57.1 Å². The van der Waals surface area contributed by atoms with E-state index in [0.717, 1.165) is 5.56 Å². The molecule has 1 unspecified atom stereocenters. The molecule has 0 bridgehead atoms. The third-order valence-electron chi connectivity index (χ3n) is 5.40. The number of nitrogen functional groups attached to an aromatic ring is 1. The van der Waals surface area contributed by atoms with Crippen LogP contribution in [0.5, 0.6) is 5.75 Å².